The molecule has 5 heteroatoms. The van der Waals surface area contributed by atoms with Crippen LogP contribution in [0, 0.1) is 5.82 Å². The maximum Gasteiger partial charge on any atom is 0.317 e. The first-order chi connectivity index (χ1) is 12.2. The third-order valence-electron chi connectivity index (χ3n) is 4.64. The molecule has 0 aliphatic carbocycles. The van der Waals surface area contributed by atoms with Crippen molar-refractivity contribution in [3.8, 4) is 0 Å². The molecule has 1 unspecified atom stereocenters. The molecule has 0 bridgehead atoms. The Balaban J connectivity index is 1.57. The fourth-order valence-electron chi connectivity index (χ4n) is 3.33. The van der Waals surface area contributed by atoms with E-state index in [0.29, 0.717) is 6.54 Å². The van der Waals surface area contributed by atoms with Gasteiger partial charge < -0.3 is 15.3 Å². The smallest absolute Gasteiger partial charge is 0.317 e. The standard InChI is InChI=1S/C20H23FN2O2/c21-18-8-6-15(7-9-18)12-19-5-2-10-23(19)20(25)22-13-16-3-1-4-17(11-16)14-24/h1,3-4,6-9,11,19,24H,2,5,10,12-14H2,(H,22,25). The van der Waals surface area contributed by atoms with Crippen molar-refractivity contribution in [3.63, 3.8) is 0 Å². The van der Waals surface area contributed by atoms with Gasteiger partial charge in [0.05, 0.1) is 6.61 Å². The van der Waals surface area contributed by atoms with Crippen molar-refractivity contribution in [1.82, 2.24) is 10.2 Å². The zero-order valence-corrected chi connectivity index (χ0v) is 14.1. The highest BCUT2D eigenvalue weighted by molar-refractivity contribution is 5.74. The van der Waals surface area contributed by atoms with E-state index in [1.54, 1.807) is 12.1 Å². The third-order valence-corrected chi connectivity index (χ3v) is 4.64. The van der Waals surface area contributed by atoms with E-state index in [1.807, 2.05) is 29.2 Å². The molecule has 2 aromatic carbocycles. The predicted molar refractivity (Wildman–Crippen MR) is 94.4 cm³/mol. The highest BCUT2D eigenvalue weighted by Crippen LogP contribution is 2.21. The number of carbonyl (C=O) groups excluding carboxylic acids is 1. The molecular weight excluding hydrogens is 319 g/mol. The average Bonchev–Trinajstić information content (AvgIpc) is 3.10. The van der Waals surface area contributed by atoms with Crippen LogP contribution in [0.5, 0.6) is 0 Å². The first-order valence-corrected chi connectivity index (χ1v) is 8.63. The Hall–Kier alpha value is -2.40. The number of urea groups is 1. The molecule has 0 aromatic heterocycles. The van der Waals surface area contributed by atoms with E-state index in [0.717, 1.165) is 42.5 Å². The van der Waals surface area contributed by atoms with Crippen LogP contribution in [0.1, 0.15) is 29.5 Å². The number of benzene rings is 2. The van der Waals surface area contributed by atoms with Gasteiger partial charge in [-0.25, -0.2) is 9.18 Å². The first-order valence-electron chi connectivity index (χ1n) is 8.63. The summed E-state index contributed by atoms with van der Waals surface area (Å²) in [6, 6.07) is 14.1. The van der Waals surface area contributed by atoms with Crippen molar-refractivity contribution >= 4 is 6.03 Å². The van der Waals surface area contributed by atoms with Crippen molar-refractivity contribution < 1.29 is 14.3 Å². The molecule has 0 spiro atoms. The van der Waals surface area contributed by atoms with Gasteiger partial charge in [-0.1, -0.05) is 36.4 Å². The lowest BCUT2D eigenvalue weighted by Crippen LogP contribution is -2.43. The summed E-state index contributed by atoms with van der Waals surface area (Å²) in [5.74, 6) is -0.241. The van der Waals surface area contributed by atoms with E-state index in [2.05, 4.69) is 5.32 Å². The zero-order chi connectivity index (χ0) is 17.6. The summed E-state index contributed by atoms with van der Waals surface area (Å²) in [5.41, 5.74) is 2.85. The summed E-state index contributed by atoms with van der Waals surface area (Å²) >= 11 is 0. The molecule has 25 heavy (non-hydrogen) atoms. The van der Waals surface area contributed by atoms with E-state index >= 15 is 0 Å². The molecular formula is C20H23FN2O2. The van der Waals surface area contributed by atoms with Gasteiger partial charge in [0, 0.05) is 19.1 Å². The molecule has 1 heterocycles. The van der Waals surface area contributed by atoms with Crippen molar-refractivity contribution in [2.45, 2.75) is 38.5 Å². The number of aliphatic hydroxyl groups is 1. The fourth-order valence-corrected chi connectivity index (χ4v) is 3.33. The van der Waals surface area contributed by atoms with Crippen LogP contribution in [0.2, 0.25) is 0 Å². The lowest BCUT2D eigenvalue weighted by Gasteiger charge is -2.25. The van der Waals surface area contributed by atoms with E-state index in [1.165, 1.54) is 12.1 Å². The summed E-state index contributed by atoms with van der Waals surface area (Å²) in [6.07, 6.45) is 2.69. The molecule has 1 saturated heterocycles. The van der Waals surface area contributed by atoms with Gasteiger partial charge in [-0.3, -0.25) is 0 Å². The van der Waals surface area contributed by atoms with Crippen LogP contribution < -0.4 is 5.32 Å². The Kier molecular flexibility index (Phi) is 5.66. The SMILES string of the molecule is O=C(NCc1cccc(CO)c1)N1CCCC1Cc1ccc(F)cc1. The van der Waals surface area contributed by atoms with Gasteiger partial charge in [-0.2, -0.15) is 0 Å². The zero-order valence-electron chi connectivity index (χ0n) is 14.1. The molecule has 1 fully saturated rings. The van der Waals surface area contributed by atoms with Crippen LogP contribution in [-0.4, -0.2) is 28.6 Å². The summed E-state index contributed by atoms with van der Waals surface area (Å²) in [4.78, 5) is 14.4. The van der Waals surface area contributed by atoms with Gasteiger partial charge >= 0.3 is 6.03 Å². The molecule has 0 saturated carbocycles. The summed E-state index contributed by atoms with van der Waals surface area (Å²) in [5, 5.41) is 12.1. The fraction of sp³-hybridized carbons (Fsp3) is 0.350. The number of nitrogens with one attached hydrogen (secondary N) is 1. The van der Waals surface area contributed by atoms with Crippen LogP contribution >= 0.6 is 0 Å². The highest BCUT2D eigenvalue weighted by atomic mass is 19.1. The van der Waals surface area contributed by atoms with Crippen LogP contribution in [0.25, 0.3) is 0 Å². The predicted octanol–water partition coefficient (Wildman–Crippen LogP) is 3.23. The van der Waals surface area contributed by atoms with Crippen LogP contribution in [0.4, 0.5) is 9.18 Å². The number of hydrogen-bond acceptors (Lipinski definition) is 2. The second-order valence-corrected chi connectivity index (χ2v) is 6.46. The van der Waals surface area contributed by atoms with E-state index in [9.17, 15) is 14.3 Å². The molecule has 1 atom stereocenters. The minimum atomic E-state index is -0.241. The van der Waals surface area contributed by atoms with Crippen molar-refractivity contribution in [2.24, 2.45) is 0 Å². The molecule has 1 aliphatic rings. The number of likely N-dealkylation sites (tertiary alicyclic amines) is 1. The van der Waals surface area contributed by atoms with Gasteiger partial charge in [-0.15, -0.1) is 0 Å². The first kappa shape index (κ1) is 17.4. The molecule has 132 valence electrons. The Morgan fingerprint density at radius 1 is 1.16 bits per heavy atom. The summed E-state index contributed by atoms with van der Waals surface area (Å²) in [7, 11) is 0. The van der Waals surface area contributed by atoms with Crippen LogP contribution in [0.15, 0.2) is 48.5 Å². The molecule has 2 N–H and O–H groups in total. The number of rotatable bonds is 5. The summed E-state index contributed by atoms with van der Waals surface area (Å²) < 4.78 is 13.0. The lowest BCUT2D eigenvalue weighted by molar-refractivity contribution is 0.192. The van der Waals surface area contributed by atoms with Crippen LogP contribution in [0.3, 0.4) is 0 Å². The number of carbonyl (C=O) groups is 1. The second-order valence-electron chi connectivity index (χ2n) is 6.46. The Morgan fingerprint density at radius 2 is 1.92 bits per heavy atom. The quantitative estimate of drug-likeness (QED) is 0.876. The summed E-state index contributed by atoms with van der Waals surface area (Å²) in [6.45, 7) is 1.18. The van der Waals surface area contributed by atoms with Gasteiger partial charge in [0.1, 0.15) is 5.82 Å². The number of aliphatic hydroxyl groups excluding tert-OH is 1. The Morgan fingerprint density at radius 3 is 2.68 bits per heavy atom. The molecule has 3 rings (SSSR count). The normalized spacial score (nSPS) is 16.9. The largest absolute Gasteiger partial charge is 0.392 e. The lowest BCUT2D eigenvalue weighted by atomic mass is 10.0. The highest BCUT2D eigenvalue weighted by Gasteiger charge is 2.28. The second kappa shape index (κ2) is 8.12. The average molecular weight is 342 g/mol. The topological polar surface area (TPSA) is 52.6 Å². The maximum absolute atomic E-state index is 13.0. The number of nitrogens with zero attached hydrogens (tertiary/aromatic N) is 1. The Labute approximate surface area is 147 Å². The monoisotopic (exact) mass is 342 g/mol. The van der Waals surface area contributed by atoms with Gasteiger partial charge in [0.15, 0.2) is 0 Å². The van der Waals surface area contributed by atoms with Gasteiger partial charge in [0.2, 0.25) is 0 Å². The molecule has 4 nitrogen and oxygen atoms in total. The van der Waals surface area contributed by atoms with Gasteiger partial charge in [0.25, 0.3) is 0 Å². The minimum Gasteiger partial charge on any atom is -0.392 e. The molecule has 2 aromatic rings. The van der Waals surface area contributed by atoms with E-state index in [-0.39, 0.29) is 24.5 Å². The molecule has 1 aliphatic heterocycles. The van der Waals surface area contributed by atoms with Crippen molar-refractivity contribution in [1.29, 1.82) is 0 Å². The number of amides is 2. The number of hydrogen-bond donors (Lipinski definition) is 2. The number of halogens is 1. The van der Waals surface area contributed by atoms with Crippen molar-refractivity contribution in [2.75, 3.05) is 6.54 Å². The van der Waals surface area contributed by atoms with E-state index < -0.39 is 0 Å². The van der Waals surface area contributed by atoms with Crippen molar-refractivity contribution in [3.05, 3.63) is 71.0 Å². The third kappa shape index (κ3) is 4.57. The Bertz CT molecular complexity index is 718. The van der Waals surface area contributed by atoms with E-state index in [4.69, 9.17) is 0 Å². The van der Waals surface area contributed by atoms with Crippen LogP contribution in [-0.2, 0) is 19.6 Å². The minimum absolute atomic E-state index is 0.00629. The van der Waals surface area contributed by atoms with Gasteiger partial charge in [-0.05, 0) is 48.1 Å². The maximum atomic E-state index is 13.0. The molecule has 2 amide bonds. The molecule has 0 radical (unpaired) electrons.